The monoisotopic (exact) mass is 276 g/mol. The second-order valence-electron chi connectivity index (χ2n) is 7.23. The number of aryl methyl sites for hydroxylation is 1. The van der Waals surface area contributed by atoms with Crippen molar-refractivity contribution in [2.75, 3.05) is 13.1 Å². The molecule has 2 aliphatic rings. The van der Waals surface area contributed by atoms with Crippen molar-refractivity contribution in [1.82, 2.24) is 20.0 Å². The minimum atomic E-state index is 0.217. The molecular formula is C16H28N4. The predicted octanol–water partition coefficient (Wildman–Crippen LogP) is 2.40. The summed E-state index contributed by atoms with van der Waals surface area (Å²) >= 11 is 0. The van der Waals surface area contributed by atoms with Crippen molar-refractivity contribution < 1.29 is 0 Å². The summed E-state index contributed by atoms with van der Waals surface area (Å²) in [6, 6.07) is 0. The van der Waals surface area contributed by atoms with E-state index in [0.717, 1.165) is 26.2 Å². The number of aromatic nitrogens is 2. The van der Waals surface area contributed by atoms with Crippen LogP contribution in [0.2, 0.25) is 0 Å². The average Bonchev–Trinajstić information content (AvgIpc) is 3.04. The Kier molecular flexibility index (Phi) is 3.63. The number of hydrogen-bond acceptors (Lipinski definition) is 3. The maximum Gasteiger partial charge on any atom is 0.0534 e. The molecule has 0 aromatic carbocycles. The van der Waals surface area contributed by atoms with E-state index >= 15 is 0 Å². The van der Waals surface area contributed by atoms with Crippen LogP contribution in [0.5, 0.6) is 0 Å². The first-order valence-electron chi connectivity index (χ1n) is 8.04. The second-order valence-corrected chi connectivity index (χ2v) is 7.23. The molecular weight excluding hydrogens is 248 g/mol. The minimum absolute atomic E-state index is 0.217. The highest BCUT2D eigenvalue weighted by Gasteiger charge is 2.45. The predicted molar refractivity (Wildman–Crippen MR) is 81.6 cm³/mol. The topological polar surface area (TPSA) is 33.1 Å². The van der Waals surface area contributed by atoms with Crippen LogP contribution in [0.4, 0.5) is 0 Å². The first-order valence-corrected chi connectivity index (χ1v) is 8.04. The van der Waals surface area contributed by atoms with Gasteiger partial charge in [-0.1, -0.05) is 12.8 Å². The zero-order valence-electron chi connectivity index (χ0n) is 13.2. The quantitative estimate of drug-likeness (QED) is 0.920. The Bertz CT molecular complexity index is 457. The summed E-state index contributed by atoms with van der Waals surface area (Å²) in [6.45, 7) is 11.0. The number of piperazine rings is 1. The molecule has 1 aliphatic heterocycles. The van der Waals surface area contributed by atoms with Gasteiger partial charge in [0.1, 0.15) is 0 Å². The van der Waals surface area contributed by atoms with Crippen molar-refractivity contribution in [3.05, 3.63) is 18.0 Å². The zero-order chi connectivity index (χ0) is 14.2. The van der Waals surface area contributed by atoms with E-state index in [-0.39, 0.29) is 5.54 Å². The zero-order valence-corrected chi connectivity index (χ0v) is 13.2. The van der Waals surface area contributed by atoms with Gasteiger partial charge in [-0.2, -0.15) is 5.10 Å². The van der Waals surface area contributed by atoms with Gasteiger partial charge in [-0.05, 0) is 33.6 Å². The normalized spacial score (nSPS) is 25.4. The maximum atomic E-state index is 4.43. The molecule has 0 atom stereocenters. The fourth-order valence-corrected chi connectivity index (χ4v) is 3.85. The summed E-state index contributed by atoms with van der Waals surface area (Å²) in [4.78, 5) is 2.73. The molecule has 112 valence electrons. The Balaban J connectivity index is 1.78. The molecule has 0 unspecified atom stereocenters. The molecule has 1 aliphatic carbocycles. The fraction of sp³-hybridized carbons (Fsp3) is 0.812. The van der Waals surface area contributed by atoms with Crippen molar-refractivity contribution in [3.63, 3.8) is 0 Å². The van der Waals surface area contributed by atoms with Crippen molar-refractivity contribution in [3.8, 4) is 0 Å². The number of nitrogens with zero attached hydrogens (tertiary/aromatic N) is 3. The minimum Gasteiger partial charge on any atom is -0.309 e. The first-order chi connectivity index (χ1) is 9.53. The van der Waals surface area contributed by atoms with Gasteiger partial charge in [0.2, 0.25) is 0 Å². The van der Waals surface area contributed by atoms with Gasteiger partial charge >= 0.3 is 0 Å². The van der Waals surface area contributed by atoms with Gasteiger partial charge in [-0.25, -0.2) is 0 Å². The molecule has 3 rings (SSSR count). The third-order valence-electron chi connectivity index (χ3n) is 5.07. The Hall–Kier alpha value is -0.870. The van der Waals surface area contributed by atoms with Crippen molar-refractivity contribution in [1.29, 1.82) is 0 Å². The third kappa shape index (κ3) is 2.63. The van der Waals surface area contributed by atoms with E-state index in [1.807, 2.05) is 10.9 Å². The van der Waals surface area contributed by atoms with Crippen LogP contribution in [-0.4, -0.2) is 38.8 Å². The van der Waals surface area contributed by atoms with Crippen LogP contribution in [0.1, 0.15) is 52.0 Å². The third-order valence-corrected chi connectivity index (χ3v) is 5.07. The molecule has 1 saturated heterocycles. The molecule has 2 fully saturated rings. The summed E-state index contributed by atoms with van der Waals surface area (Å²) < 4.78 is 2.03. The smallest absolute Gasteiger partial charge is 0.0534 e. The lowest BCUT2D eigenvalue weighted by Crippen LogP contribution is -2.66. The van der Waals surface area contributed by atoms with E-state index in [9.17, 15) is 0 Å². The van der Waals surface area contributed by atoms with Gasteiger partial charge in [-0.15, -0.1) is 0 Å². The Morgan fingerprint density at radius 2 is 2.05 bits per heavy atom. The molecule has 4 heteroatoms. The highest BCUT2D eigenvalue weighted by Crippen LogP contribution is 2.39. The van der Waals surface area contributed by atoms with Crippen LogP contribution in [0.3, 0.4) is 0 Å². The molecule has 1 spiro atoms. The molecule has 1 saturated carbocycles. The summed E-state index contributed by atoms with van der Waals surface area (Å²) in [6.07, 6.45) is 9.70. The number of hydrogen-bond donors (Lipinski definition) is 1. The summed E-state index contributed by atoms with van der Waals surface area (Å²) in [7, 11) is 0. The molecule has 1 aromatic rings. The first kappa shape index (κ1) is 14.1. The van der Waals surface area contributed by atoms with Gasteiger partial charge in [-0.3, -0.25) is 9.58 Å². The summed E-state index contributed by atoms with van der Waals surface area (Å²) in [5.74, 6) is 0. The molecule has 0 bridgehead atoms. The lowest BCUT2D eigenvalue weighted by molar-refractivity contribution is 0.0122. The van der Waals surface area contributed by atoms with E-state index in [0.29, 0.717) is 5.54 Å². The summed E-state index contributed by atoms with van der Waals surface area (Å²) in [5.41, 5.74) is 1.97. The van der Waals surface area contributed by atoms with E-state index < -0.39 is 0 Å². The molecule has 20 heavy (non-hydrogen) atoms. The number of rotatable bonds is 3. The molecule has 1 N–H and O–H groups in total. The lowest BCUT2D eigenvalue weighted by atomic mass is 9.87. The van der Waals surface area contributed by atoms with Crippen molar-refractivity contribution >= 4 is 0 Å². The maximum absolute atomic E-state index is 4.43. The van der Waals surface area contributed by atoms with Gasteiger partial charge in [0.15, 0.2) is 0 Å². The molecule has 0 amide bonds. The Morgan fingerprint density at radius 3 is 2.70 bits per heavy atom. The van der Waals surface area contributed by atoms with E-state index in [2.05, 4.69) is 42.3 Å². The molecule has 4 nitrogen and oxygen atoms in total. The average molecular weight is 276 g/mol. The number of nitrogens with one attached hydrogen (secondary N) is 1. The SMILES string of the molecule is CCn1cc(CN2CC(C)(C)NCC23CCCC3)cn1. The Labute approximate surface area is 122 Å². The molecule has 2 heterocycles. The Morgan fingerprint density at radius 1 is 1.30 bits per heavy atom. The van der Waals surface area contributed by atoms with Crippen LogP contribution < -0.4 is 5.32 Å². The highest BCUT2D eigenvalue weighted by molar-refractivity contribution is 5.10. The summed E-state index contributed by atoms with van der Waals surface area (Å²) in [5, 5.41) is 8.19. The largest absolute Gasteiger partial charge is 0.309 e. The molecule has 0 radical (unpaired) electrons. The van der Waals surface area contributed by atoms with Crippen LogP contribution >= 0.6 is 0 Å². The fourth-order valence-electron chi connectivity index (χ4n) is 3.85. The van der Waals surface area contributed by atoms with Gasteiger partial charge in [0.25, 0.3) is 0 Å². The van der Waals surface area contributed by atoms with Gasteiger partial charge in [0, 0.05) is 49.0 Å². The highest BCUT2D eigenvalue weighted by atomic mass is 15.3. The van der Waals surface area contributed by atoms with Crippen molar-refractivity contribution in [2.24, 2.45) is 0 Å². The van der Waals surface area contributed by atoms with Crippen molar-refractivity contribution in [2.45, 2.75) is 70.6 Å². The van der Waals surface area contributed by atoms with Crippen LogP contribution in [0, 0.1) is 0 Å². The van der Waals surface area contributed by atoms with Crippen LogP contribution in [0.15, 0.2) is 12.4 Å². The lowest BCUT2D eigenvalue weighted by Gasteiger charge is -2.51. The second kappa shape index (κ2) is 5.15. The standard InChI is InChI=1S/C16H28N4/c1-4-20-11-14(9-18-20)10-19-13-15(2,3)17-12-16(19)7-5-6-8-16/h9,11,17H,4-8,10,12-13H2,1-3H3. The van der Waals surface area contributed by atoms with E-state index in [1.54, 1.807) is 0 Å². The van der Waals surface area contributed by atoms with Crippen LogP contribution in [0.25, 0.3) is 0 Å². The van der Waals surface area contributed by atoms with E-state index in [1.165, 1.54) is 31.2 Å². The van der Waals surface area contributed by atoms with E-state index in [4.69, 9.17) is 0 Å². The van der Waals surface area contributed by atoms with Gasteiger partial charge in [0.05, 0.1) is 6.20 Å². The molecule has 1 aromatic heterocycles. The van der Waals surface area contributed by atoms with Gasteiger partial charge < -0.3 is 5.32 Å². The van der Waals surface area contributed by atoms with Crippen LogP contribution in [-0.2, 0) is 13.1 Å².